The van der Waals surface area contributed by atoms with Gasteiger partial charge >= 0.3 is 0 Å². The lowest BCUT2D eigenvalue weighted by Crippen LogP contribution is -2.41. The number of rotatable bonds is 6. The Kier molecular flexibility index (Phi) is 11.3. The molecule has 0 aromatic heterocycles. The summed E-state index contributed by atoms with van der Waals surface area (Å²) in [6.07, 6.45) is 5.41. The van der Waals surface area contributed by atoms with Crippen LogP contribution in [0, 0.1) is 31.6 Å². The maximum Gasteiger partial charge on any atom is 0.298 e. The van der Waals surface area contributed by atoms with Gasteiger partial charge in [0.05, 0.1) is 7.18 Å². The normalized spacial score (nSPS) is 17.8. The number of hydrogen-bond acceptors (Lipinski definition) is 3. The van der Waals surface area contributed by atoms with Crippen LogP contribution in [0.1, 0.15) is 103 Å². The number of carbonyl (C=O) groups is 1. The van der Waals surface area contributed by atoms with Crippen molar-refractivity contribution in [1.82, 2.24) is 0 Å². The van der Waals surface area contributed by atoms with E-state index in [-0.39, 0.29) is 11.0 Å². The maximum atomic E-state index is 10.9. The molecule has 4 heteroatoms. The van der Waals surface area contributed by atoms with E-state index >= 15 is 0 Å². The lowest BCUT2D eigenvalue weighted by atomic mass is 9.72. The van der Waals surface area contributed by atoms with Crippen LogP contribution in [-0.2, 0) is 11.2 Å². The number of alkyl halides is 1. The molecule has 0 spiro atoms. The summed E-state index contributed by atoms with van der Waals surface area (Å²) in [6, 6.07) is 0. The fourth-order valence-electron chi connectivity index (χ4n) is 4.44. The quantitative estimate of drug-likeness (QED) is 0.421. The molecule has 0 radical (unpaired) electrons. The van der Waals surface area contributed by atoms with Gasteiger partial charge in [-0.25, -0.2) is 0 Å². The zero-order valence-corrected chi connectivity index (χ0v) is 22.2. The van der Waals surface area contributed by atoms with Gasteiger partial charge in [-0.3, -0.25) is 9.18 Å². The van der Waals surface area contributed by atoms with E-state index in [0.29, 0.717) is 24.8 Å². The fraction of sp³-hybridized carbons (Fsp3) is 0.741. The van der Waals surface area contributed by atoms with Crippen molar-refractivity contribution in [1.29, 1.82) is 0 Å². The Labute approximate surface area is 191 Å². The first-order valence-corrected chi connectivity index (χ1v) is 11.6. The highest BCUT2D eigenvalue weighted by Gasteiger charge is 2.39. The summed E-state index contributed by atoms with van der Waals surface area (Å²) in [4.78, 5) is 10.9. The minimum atomic E-state index is -0.162. The Bertz CT molecular complexity index is 716. The summed E-state index contributed by atoms with van der Waals surface area (Å²) < 4.78 is 21.4. The third-order valence-electron chi connectivity index (χ3n) is 6.13. The first-order chi connectivity index (χ1) is 14.3. The highest BCUT2D eigenvalue weighted by molar-refractivity contribution is 5.62. The van der Waals surface area contributed by atoms with Gasteiger partial charge in [0.2, 0.25) is 0 Å². The third kappa shape index (κ3) is 8.12. The van der Waals surface area contributed by atoms with Crippen molar-refractivity contribution in [2.24, 2.45) is 10.8 Å². The molecule has 0 fully saturated rings. The summed E-state index contributed by atoms with van der Waals surface area (Å²) in [5.74, 6) is 1.70. The zero-order valence-electron chi connectivity index (χ0n) is 22.2. The molecule has 1 unspecified atom stereocenters. The molecule has 0 amide bonds. The van der Waals surface area contributed by atoms with Crippen LogP contribution in [0.3, 0.4) is 0 Å². The van der Waals surface area contributed by atoms with Crippen LogP contribution in [0.25, 0.3) is 0 Å². The maximum absolute atomic E-state index is 10.9. The number of halogens is 1. The van der Waals surface area contributed by atoms with Gasteiger partial charge in [-0.15, -0.1) is 0 Å². The molecule has 1 aliphatic rings. The largest absolute Gasteiger partial charge is 0.487 e. The summed E-state index contributed by atoms with van der Waals surface area (Å²) in [7, 11) is 0.500. The first-order valence-electron chi connectivity index (χ1n) is 11.6. The van der Waals surface area contributed by atoms with Gasteiger partial charge in [0.15, 0.2) is 0 Å². The topological polar surface area (TPSA) is 35.5 Å². The van der Waals surface area contributed by atoms with E-state index in [1.807, 2.05) is 27.7 Å². The summed E-state index contributed by atoms with van der Waals surface area (Å²) in [5, 5.41) is 0. The van der Waals surface area contributed by atoms with Gasteiger partial charge < -0.3 is 9.47 Å². The Morgan fingerprint density at radius 2 is 1.55 bits per heavy atom. The van der Waals surface area contributed by atoms with Crippen molar-refractivity contribution >= 4 is 6.47 Å². The van der Waals surface area contributed by atoms with Crippen molar-refractivity contribution < 1.29 is 18.7 Å². The van der Waals surface area contributed by atoms with E-state index in [0.717, 1.165) is 41.7 Å². The minimum absolute atomic E-state index is 0.162. The van der Waals surface area contributed by atoms with Crippen LogP contribution < -0.4 is 9.47 Å². The molecule has 0 saturated heterocycles. The van der Waals surface area contributed by atoms with Gasteiger partial charge in [-0.2, -0.15) is 0 Å². The SMILES string of the molecule is CC.CF.Cc1c(C)c2c(c(C)c1OC=O)CCC(C)(CC(C)(C)CCC(C)(C)C)O2. The number of benzene rings is 1. The van der Waals surface area contributed by atoms with Crippen LogP contribution in [0.15, 0.2) is 0 Å². The predicted molar refractivity (Wildman–Crippen MR) is 130 cm³/mol. The Morgan fingerprint density at radius 3 is 2.03 bits per heavy atom. The van der Waals surface area contributed by atoms with Crippen molar-refractivity contribution in [3.8, 4) is 11.5 Å². The number of carbonyl (C=O) groups excluding carboxylic acids is 1. The second kappa shape index (κ2) is 11.9. The van der Waals surface area contributed by atoms with Crippen LogP contribution in [-0.4, -0.2) is 19.3 Å². The smallest absolute Gasteiger partial charge is 0.298 e. The predicted octanol–water partition coefficient (Wildman–Crippen LogP) is 8.09. The van der Waals surface area contributed by atoms with Crippen LogP contribution in [0.5, 0.6) is 11.5 Å². The Hall–Kier alpha value is -1.58. The third-order valence-corrected chi connectivity index (χ3v) is 6.13. The minimum Gasteiger partial charge on any atom is -0.487 e. The van der Waals surface area contributed by atoms with E-state index in [4.69, 9.17) is 9.47 Å². The van der Waals surface area contributed by atoms with E-state index in [9.17, 15) is 9.18 Å². The average Bonchev–Trinajstić information content (AvgIpc) is 2.70. The fourth-order valence-corrected chi connectivity index (χ4v) is 4.44. The molecule has 2 rings (SSSR count). The van der Waals surface area contributed by atoms with Crippen LogP contribution in [0.4, 0.5) is 4.39 Å². The van der Waals surface area contributed by atoms with Crippen LogP contribution >= 0.6 is 0 Å². The van der Waals surface area contributed by atoms with Gasteiger partial charge in [0.1, 0.15) is 17.1 Å². The molecule has 3 nitrogen and oxygen atoms in total. The van der Waals surface area contributed by atoms with Crippen molar-refractivity contribution in [2.45, 2.75) is 114 Å². The summed E-state index contributed by atoms with van der Waals surface area (Å²) >= 11 is 0. The van der Waals surface area contributed by atoms with Crippen molar-refractivity contribution in [3.63, 3.8) is 0 Å². The number of hydrogen-bond donors (Lipinski definition) is 0. The van der Waals surface area contributed by atoms with Gasteiger partial charge in [0.25, 0.3) is 6.47 Å². The van der Waals surface area contributed by atoms with E-state index in [1.54, 1.807) is 0 Å². The lowest BCUT2D eigenvalue weighted by Gasteiger charge is -2.43. The summed E-state index contributed by atoms with van der Waals surface area (Å²) in [5.41, 5.74) is 4.75. The summed E-state index contributed by atoms with van der Waals surface area (Å²) in [6.45, 7) is 24.6. The molecule has 1 aliphatic heterocycles. The van der Waals surface area contributed by atoms with Gasteiger partial charge in [0, 0.05) is 5.56 Å². The molecule has 31 heavy (non-hydrogen) atoms. The Balaban J connectivity index is 0.00000212. The molecule has 0 bridgehead atoms. The van der Waals surface area contributed by atoms with E-state index in [2.05, 4.69) is 48.5 Å². The monoisotopic (exact) mass is 438 g/mol. The molecule has 1 aromatic carbocycles. The lowest BCUT2D eigenvalue weighted by molar-refractivity contribution is -0.120. The molecule has 0 saturated carbocycles. The van der Waals surface area contributed by atoms with E-state index in [1.165, 1.54) is 18.4 Å². The molecule has 1 heterocycles. The molecule has 0 aliphatic carbocycles. The molecule has 1 aromatic rings. The molecular formula is C27H47FO3. The first kappa shape index (κ1) is 29.4. The van der Waals surface area contributed by atoms with Gasteiger partial charge in [-0.05, 0) is 87.3 Å². The highest BCUT2D eigenvalue weighted by atomic mass is 19.1. The van der Waals surface area contributed by atoms with Crippen molar-refractivity contribution in [3.05, 3.63) is 22.3 Å². The van der Waals surface area contributed by atoms with Crippen LogP contribution in [0.2, 0.25) is 0 Å². The molecule has 180 valence electrons. The highest BCUT2D eigenvalue weighted by Crippen LogP contribution is 2.47. The van der Waals surface area contributed by atoms with E-state index < -0.39 is 0 Å². The number of ether oxygens (including phenoxy) is 2. The standard InChI is InChI=1S/C24H38O3.C2H6.CH3F/c1-16-17(2)21-19(18(3)20(16)26-15-25)10-11-24(9,27-21)14-23(7,8)13-12-22(4,5)6;2*1-2/h15H,10-14H2,1-9H3;1-2H3;1H3. The van der Waals surface area contributed by atoms with Gasteiger partial charge in [-0.1, -0.05) is 48.5 Å². The average molecular weight is 439 g/mol. The van der Waals surface area contributed by atoms with Crippen molar-refractivity contribution in [2.75, 3.05) is 7.18 Å². The number of fused-ring (bicyclic) bond motifs is 1. The second-order valence-electron chi connectivity index (χ2n) is 10.7. The zero-order chi connectivity index (χ0) is 24.6. The molecule has 0 N–H and O–H groups in total. The molecule has 1 atom stereocenters. The Morgan fingerprint density at radius 1 is 1.00 bits per heavy atom. The second-order valence-corrected chi connectivity index (χ2v) is 10.7. The molecular weight excluding hydrogens is 391 g/mol.